The number of nitrogens with zero attached hydrogens (tertiary/aromatic N) is 2. The first-order chi connectivity index (χ1) is 9.78. The Hall–Kier alpha value is -1.06. The highest BCUT2D eigenvalue weighted by Crippen LogP contribution is 2.26. The minimum absolute atomic E-state index is 0.321. The molecule has 110 valence electrons. The number of hydrogen-bond donors (Lipinski definition) is 1. The SMILES string of the molecule is CC[C@@H](O)c1ccc(N2CCCN3CCCC3C2)cc1. The molecule has 2 atom stereocenters. The third-order valence-corrected chi connectivity index (χ3v) is 4.83. The summed E-state index contributed by atoms with van der Waals surface area (Å²) in [5, 5.41) is 9.88. The van der Waals surface area contributed by atoms with E-state index < -0.39 is 0 Å². The Labute approximate surface area is 122 Å². The van der Waals surface area contributed by atoms with Crippen molar-refractivity contribution < 1.29 is 5.11 Å². The predicted molar refractivity (Wildman–Crippen MR) is 83.1 cm³/mol. The monoisotopic (exact) mass is 274 g/mol. The Balaban J connectivity index is 1.71. The molecule has 2 aliphatic heterocycles. The van der Waals surface area contributed by atoms with Gasteiger partial charge in [0, 0.05) is 31.4 Å². The minimum atomic E-state index is -0.321. The first-order valence-corrected chi connectivity index (χ1v) is 8.05. The largest absolute Gasteiger partial charge is 0.388 e. The van der Waals surface area contributed by atoms with E-state index in [1.165, 1.54) is 38.0 Å². The summed E-state index contributed by atoms with van der Waals surface area (Å²) in [5.74, 6) is 0. The van der Waals surface area contributed by atoms with Crippen molar-refractivity contribution in [3.8, 4) is 0 Å². The van der Waals surface area contributed by atoms with Gasteiger partial charge in [-0.3, -0.25) is 4.90 Å². The Morgan fingerprint density at radius 2 is 1.90 bits per heavy atom. The van der Waals surface area contributed by atoms with Crippen LogP contribution in [0.3, 0.4) is 0 Å². The summed E-state index contributed by atoms with van der Waals surface area (Å²) < 4.78 is 0. The Bertz CT molecular complexity index is 431. The van der Waals surface area contributed by atoms with Crippen molar-refractivity contribution in [2.75, 3.05) is 31.1 Å². The summed E-state index contributed by atoms with van der Waals surface area (Å²) in [7, 11) is 0. The van der Waals surface area contributed by atoms with Gasteiger partial charge in [-0.2, -0.15) is 0 Å². The standard InChI is InChI=1S/C17H26N2O/c1-2-17(20)14-6-8-15(9-7-14)19-12-4-11-18-10-3-5-16(18)13-19/h6-9,16-17,20H,2-5,10-13H2,1H3/t16?,17-/m1/s1. The van der Waals surface area contributed by atoms with Crippen molar-refractivity contribution in [3.05, 3.63) is 29.8 Å². The van der Waals surface area contributed by atoms with Gasteiger partial charge in [-0.25, -0.2) is 0 Å². The lowest BCUT2D eigenvalue weighted by molar-refractivity contribution is 0.173. The van der Waals surface area contributed by atoms with Crippen molar-refractivity contribution in [1.82, 2.24) is 4.90 Å². The van der Waals surface area contributed by atoms with Crippen molar-refractivity contribution in [3.63, 3.8) is 0 Å². The first-order valence-electron chi connectivity index (χ1n) is 8.05. The number of aliphatic hydroxyl groups excluding tert-OH is 1. The highest BCUT2D eigenvalue weighted by atomic mass is 16.3. The number of fused-ring (bicyclic) bond motifs is 1. The quantitative estimate of drug-likeness (QED) is 0.918. The van der Waals surface area contributed by atoms with Gasteiger partial charge in [0.1, 0.15) is 0 Å². The van der Waals surface area contributed by atoms with E-state index in [1.54, 1.807) is 0 Å². The molecule has 3 nitrogen and oxygen atoms in total. The van der Waals surface area contributed by atoms with E-state index in [9.17, 15) is 5.11 Å². The van der Waals surface area contributed by atoms with E-state index in [4.69, 9.17) is 0 Å². The van der Waals surface area contributed by atoms with E-state index in [2.05, 4.69) is 34.1 Å². The van der Waals surface area contributed by atoms with Crippen molar-refractivity contribution in [2.45, 2.75) is 44.8 Å². The van der Waals surface area contributed by atoms with Gasteiger partial charge in [-0.15, -0.1) is 0 Å². The molecule has 0 radical (unpaired) electrons. The molecule has 0 spiro atoms. The maximum Gasteiger partial charge on any atom is 0.0787 e. The molecule has 2 heterocycles. The molecule has 20 heavy (non-hydrogen) atoms. The van der Waals surface area contributed by atoms with Gasteiger partial charge in [-0.05, 0) is 49.9 Å². The van der Waals surface area contributed by atoms with Gasteiger partial charge in [0.05, 0.1) is 6.10 Å². The molecule has 1 aromatic rings. The van der Waals surface area contributed by atoms with Crippen LogP contribution in [0.25, 0.3) is 0 Å². The second kappa shape index (κ2) is 6.15. The van der Waals surface area contributed by atoms with Crippen molar-refractivity contribution in [1.29, 1.82) is 0 Å². The molecule has 2 aliphatic rings. The van der Waals surface area contributed by atoms with Crippen LogP contribution in [0.15, 0.2) is 24.3 Å². The van der Waals surface area contributed by atoms with Crippen LogP contribution in [0.1, 0.15) is 44.3 Å². The first kappa shape index (κ1) is 13.9. The van der Waals surface area contributed by atoms with Gasteiger partial charge in [-0.1, -0.05) is 19.1 Å². The number of anilines is 1. The number of rotatable bonds is 3. The number of aliphatic hydroxyl groups is 1. The molecular formula is C17H26N2O. The van der Waals surface area contributed by atoms with Crippen molar-refractivity contribution in [2.24, 2.45) is 0 Å². The van der Waals surface area contributed by atoms with Crippen LogP contribution in [0.2, 0.25) is 0 Å². The fourth-order valence-corrected chi connectivity index (χ4v) is 3.58. The topological polar surface area (TPSA) is 26.7 Å². The molecule has 2 saturated heterocycles. The maximum absolute atomic E-state index is 9.88. The van der Waals surface area contributed by atoms with Crippen LogP contribution in [0, 0.1) is 0 Å². The molecule has 0 amide bonds. The van der Waals surface area contributed by atoms with Crippen LogP contribution in [0.5, 0.6) is 0 Å². The van der Waals surface area contributed by atoms with Crippen LogP contribution < -0.4 is 4.90 Å². The summed E-state index contributed by atoms with van der Waals surface area (Å²) in [6.45, 7) is 6.88. The minimum Gasteiger partial charge on any atom is -0.388 e. The normalized spacial score (nSPS) is 25.3. The lowest BCUT2D eigenvalue weighted by atomic mass is 10.1. The molecular weight excluding hydrogens is 248 g/mol. The van der Waals surface area contributed by atoms with Gasteiger partial charge >= 0.3 is 0 Å². The number of benzene rings is 1. The molecule has 3 rings (SSSR count). The number of hydrogen-bond acceptors (Lipinski definition) is 3. The van der Waals surface area contributed by atoms with Gasteiger partial charge < -0.3 is 10.0 Å². The third kappa shape index (κ3) is 2.84. The molecule has 3 heteroatoms. The van der Waals surface area contributed by atoms with Crippen LogP contribution in [-0.4, -0.2) is 42.2 Å². The summed E-state index contributed by atoms with van der Waals surface area (Å²) in [6, 6.07) is 9.28. The van der Waals surface area contributed by atoms with E-state index in [-0.39, 0.29) is 6.10 Å². The van der Waals surface area contributed by atoms with Crippen molar-refractivity contribution >= 4 is 5.69 Å². The average Bonchev–Trinajstić information content (AvgIpc) is 2.83. The van der Waals surface area contributed by atoms with Crippen LogP contribution >= 0.6 is 0 Å². The molecule has 0 aromatic heterocycles. The van der Waals surface area contributed by atoms with Crippen LogP contribution in [0.4, 0.5) is 5.69 Å². The fraction of sp³-hybridized carbons (Fsp3) is 0.647. The molecule has 0 bridgehead atoms. The summed E-state index contributed by atoms with van der Waals surface area (Å²) in [5.41, 5.74) is 2.35. The summed E-state index contributed by atoms with van der Waals surface area (Å²) in [4.78, 5) is 5.19. The van der Waals surface area contributed by atoms with Gasteiger partial charge in [0.2, 0.25) is 0 Å². The zero-order valence-corrected chi connectivity index (χ0v) is 12.5. The zero-order chi connectivity index (χ0) is 13.9. The van der Waals surface area contributed by atoms with Crippen LogP contribution in [-0.2, 0) is 0 Å². The smallest absolute Gasteiger partial charge is 0.0787 e. The third-order valence-electron chi connectivity index (χ3n) is 4.83. The van der Waals surface area contributed by atoms with Gasteiger partial charge in [0.15, 0.2) is 0 Å². The van der Waals surface area contributed by atoms with Gasteiger partial charge in [0.25, 0.3) is 0 Å². The molecule has 1 aromatic carbocycles. The zero-order valence-electron chi connectivity index (χ0n) is 12.5. The Kier molecular flexibility index (Phi) is 4.27. The lowest BCUT2D eigenvalue weighted by Gasteiger charge is -2.27. The van der Waals surface area contributed by atoms with E-state index in [0.717, 1.165) is 31.1 Å². The average molecular weight is 274 g/mol. The second-order valence-corrected chi connectivity index (χ2v) is 6.15. The second-order valence-electron chi connectivity index (χ2n) is 6.15. The molecule has 1 unspecified atom stereocenters. The van der Waals surface area contributed by atoms with E-state index >= 15 is 0 Å². The highest BCUT2D eigenvalue weighted by Gasteiger charge is 2.28. The molecule has 0 aliphatic carbocycles. The molecule has 0 saturated carbocycles. The lowest BCUT2D eigenvalue weighted by Crippen LogP contribution is -2.36. The fourth-order valence-electron chi connectivity index (χ4n) is 3.58. The predicted octanol–water partition coefficient (Wildman–Crippen LogP) is 2.80. The summed E-state index contributed by atoms with van der Waals surface area (Å²) >= 11 is 0. The Morgan fingerprint density at radius 3 is 2.65 bits per heavy atom. The molecule has 2 fully saturated rings. The summed E-state index contributed by atoms with van der Waals surface area (Å²) in [6.07, 6.45) is 4.43. The van der Waals surface area contributed by atoms with E-state index in [1.807, 2.05) is 6.92 Å². The Morgan fingerprint density at radius 1 is 1.15 bits per heavy atom. The maximum atomic E-state index is 9.88. The van der Waals surface area contributed by atoms with E-state index in [0.29, 0.717) is 0 Å². The molecule has 1 N–H and O–H groups in total. The highest BCUT2D eigenvalue weighted by molar-refractivity contribution is 5.48.